The van der Waals surface area contributed by atoms with Gasteiger partial charge in [0.2, 0.25) is 0 Å². The lowest BCUT2D eigenvalue weighted by atomic mass is 10.1. The highest BCUT2D eigenvalue weighted by molar-refractivity contribution is 6.83. The monoisotopic (exact) mass is 266 g/mol. The third kappa shape index (κ3) is 7.34. The minimum atomic E-state index is -1.20. The summed E-state index contributed by atoms with van der Waals surface area (Å²) in [6.07, 6.45) is 2.90. The molecule has 0 aliphatic rings. The smallest absolute Gasteiger partial charge is 0.129 e. The van der Waals surface area contributed by atoms with E-state index in [4.69, 9.17) is 0 Å². The molecule has 19 heavy (non-hydrogen) atoms. The molecule has 0 bridgehead atoms. The summed E-state index contributed by atoms with van der Waals surface area (Å²) in [5, 5.41) is 0. The minimum absolute atomic E-state index is 0.895. The van der Waals surface area contributed by atoms with Gasteiger partial charge in [-0.25, -0.2) is 0 Å². The Bertz CT molecular complexity index is 524. The Morgan fingerprint density at radius 3 is 2.32 bits per heavy atom. The number of hydrogen-bond donors (Lipinski definition) is 0. The van der Waals surface area contributed by atoms with E-state index in [9.17, 15) is 0 Å². The molecule has 1 rings (SSSR count). The highest BCUT2D eigenvalue weighted by Gasteiger charge is 2.06. The SMILES string of the molecule is C=C(C#CCCCC#C[Si](C)(C)C)c1ccccc1. The maximum absolute atomic E-state index is 4.00. The number of unbranched alkanes of at least 4 members (excludes halogenated alkanes) is 2. The first-order valence-electron chi connectivity index (χ1n) is 6.72. The van der Waals surface area contributed by atoms with Crippen LogP contribution in [0.15, 0.2) is 36.9 Å². The van der Waals surface area contributed by atoms with Crippen molar-refractivity contribution >= 4 is 13.6 Å². The largest absolute Gasteiger partial charge is 0.132 e. The Labute approximate surface area is 119 Å². The van der Waals surface area contributed by atoms with Crippen molar-refractivity contribution in [2.75, 3.05) is 0 Å². The Hall–Kier alpha value is -1.70. The summed E-state index contributed by atoms with van der Waals surface area (Å²) < 4.78 is 0. The summed E-state index contributed by atoms with van der Waals surface area (Å²) in [4.78, 5) is 0. The van der Waals surface area contributed by atoms with Crippen LogP contribution in [0.3, 0.4) is 0 Å². The Morgan fingerprint density at radius 2 is 1.68 bits per heavy atom. The van der Waals surface area contributed by atoms with E-state index in [1.165, 1.54) is 0 Å². The van der Waals surface area contributed by atoms with Crippen molar-refractivity contribution in [3.05, 3.63) is 42.5 Å². The summed E-state index contributed by atoms with van der Waals surface area (Å²) in [7, 11) is -1.20. The third-order valence-corrected chi connectivity index (χ3v) is 3.36. The molecule has 1 aromatic rings. The number of rotatable bonds is 3. The predicted molar refractivity (Wildman–Crippen MR) is 88.2 cm³/mol. The Balaban J connectivity index is 2.32. The molecule has 0 spiro atoms. The maximum Gasteiger partial charge on any atom is 0.129 e. The van der Waals surface area contributed by atoms with Crippen LogP contribution in [-0.2, 0) is 0 Å². The predicted octanol–water partition coefficient (Wildman–Crippen LogP) is 4.75. The second-order valence-corrected chi connectivity index (χ2v) is 10.3. The van der Waals surface area contributed by atoms with Crippen LogP contribution < -0.4 is 0 Å². The quantitative estimate of drug-likeness (QED) is 0.420. The van der Waals surface area contributed by atoms with E-state index in [-0.39, 0.29) is 0 Å². The number of allylic oxidation sites excluding steroid dienone is 1. The van der Waals surface area contributed by atoms with Crippen LogP contribution in [0.2, 0.25) is 19.6 Å². The van der Waals surface area contributed by atoms with E-state index in [0.29, 0.717) is 0 Å². The molecule has 0 radical (unpaired) electrons. The van der Waals surface area contributed by atoms with E-state index in [2.05, 4.69) is 49.5 Å². The van der Waals surface area contributed by atoms with Gasteiger partial charge in [0.25, 0.3) is 0 Å². The molecule has 1 aromatic carbocycles. The standard InChI is InChI=1S/C18H22Si/c1-17(18-14-10-8-11-15-18)13-9-6-5-7-12-16-19(2,3)4/h8,10-11,14-15H,1,5-7H2,2-4H3. The fourth-order valence-corrected chi connectivity index (χ4v) is 2.13. The lowest BCUT2D eigenvalue weighted by molar-refractivity contribution is 0.904. The first-order valence-corrected chi connectivity index (χ1v) is 10.2. The van der Waals surface area contributed by atoms with Crippen LogP contribution >= 0.6 is 0 Å². The molecular formula is C18H22Si. The highest BCUT2D eigenvalue weighted by Crippen LogP contribution is 2.09. The van der Waals surface area contributed by atoms with Gasteiger partial charge in [0, 0.05) is 18.4 Å². The van der Waals surface area contributed by atoms with Gasteiger partial charge >= 0.3 is 0 Å². The number of benzene rings is 1. The van der Waals surface area contributed by atoms with Crippen molar-refractivity contribution in [3.8, 4) is 23.3 Å². The maximum atomic E-state index is 4.00. The Morgan fingerprint density at radius 1 is 1.05 bits per heavy atom. The normalized spacial score (nSPS) is 9.84. The molecule has 1 heteroatoms. The van der Waals surface area contributed by atoms with Gasteiger partial charge in [-0.3, -0.25) is 0 Å². The van der Waals surface area contributed by atoms with E-state index >= 15 is 0 Å². The molecule has 0 aliphatic heterocycles. The zero-order chi connectivity index (χ0) is 14.1. The molecule has 0 atom stereocenters. The molecule has 0 N–H and O–H groups in total. The molecule has 98 valence electrons. The summed E-state index contributed by atoms with van der Waals surface area (Å²) in [5.74, 6) is 9.56. The van der Waals surface area contributed by atoms with Crippen molar-refractivity contribution in [1.29, 1.82) is 0 Å². The molecule has 0 fully saturated rings. The van der Waals surface area contributed by atoms with Crippen LogP contribution in [0.1, 0.15) is 24.8 Å². The van der Waals surface area contributed by atoms with E-state index in [1.807, 2.05) is 30.3 Å². The zero-order valence-electron chi connectivity index (χ0n) is 12.2. The average Bonchev–Trinajstić information content (AvgIpc) is 2.37. The molecule has 0 saturated heterocycles. The van der Waals surface area contributed by atoms with Crippen molar-refractivity contribution < 1.29 is 0 Å². The summed E-state index contributed by atoms with van der Waals surface area (Å²) >= 11 is 0. The van der Waals surface area contributed by atoms with Crippen LogP contribution in [0, 0.1) is 23.3 Å². The van der Waals surface area contributed by atoms with Crippen LogP contribution in [0.25, 0.3) is 5.57 Å². The van der Waals surface area contributed by atoms with Gasteiger partial charge in [-0.15, -0.1) is 11.5 Å². The minimum Gasteiger partial charge on any atom is -0.132 e. The molecule has 0 saturated carbocycles. The average molecular weight is 266 g/mol. The molecule has 0 aliphatic carbocycles. The lowest BCUT2D eigenvalue weighted by Crippen LogP contribution is -2.16. The fraction of sp³-hybridized carbons (Fsp3) is 0.333. The van der Waals surface area contributed by atoms with Crippen molar-refractivity contribution in [3.63, 3.8) is 0 Å². The van der Waals surface area contributed by atoms with Crippen LogP contribution in [-0.4, -0.2) is 8.07 Å². The van der Waals surface area contributed by atoms with Crippen LogP contribution in [0.4, 0.5) is 0 Å². The molecule has 0 nitrogen and oxygen atoms in total. The Kier molecular flexibility index (Phi) is 6.20. The lowest BCUT2D eigenvalue weighted by Gasteiger charge is -2.02. The summed E-state index contributed by atoms with van der Waals surface area (Å²) in [6, 6.07) is 10.1. The van der Waals surface area contributed by atoms with E-state index in [1.54, 1.807) is 0 Å². The van der Waals surface area contributed by atoms with Gasteiger partial charge in [-0.05, 0) is 12.0 Å². The molecular weight excluding hydrogens is 244 g/mol. The van der Waals surface area contributed by atoms with Gasteiger partial charge < -0.3 is 0 Å². The van der Waals surface area contributed by atoms with Crippen LogP contribution in [0.5, 0.6) is 0 Å². The number of hydrogen-bond acceptors (Lipinski definition) is 0. The van der Waals surface area contributed by atoms with Gasteiger partial charge in [-0.2, -0.15) is 0 Å². The van der Waals surface area contributed by atoms with Crippen molar-refractivity contribution in [2.24, 2.45) is 0 Å². The molecule has 0 heterocycles. The van der Waals surface area contributed by atoms with Crippen molar-refractivity contribution in [2.45, 2.75) is 38.9 Å². The third-order valence-electron chi connectivity index (χ3n) is 2.43. The first-order chi connectivity index (χ1) is 8.99. The summed E-state index contributed by atoms with van der Waals surface area (Å²) in [6.45, 7) is 10.8. The van der Waals surface area contributed by atoms with E-state index < -0.39 is 8.07 Å². The second kappa shape index (κ2) is 7.67. The van der Waals surface area contributed by atoms with Crippen molar-refractivity contribution in [1.82, 2.24) is 0 Å². The van der Waals surface area contributed by atoms with Gasteiger partial charge in [0.15, 0.2) is 0 Å². The summed E-state index contributed by atoms with van der Waals surface area (Å²) in [5.41, 5.74) is 5.37. The molecule has 0 aromatic heterocycles. The van der Waals surface area contributed by atoms with E-state index in [0.717, 1.165) is 30.4 Å². The zero-order valence-corrected chi connectivity index (χ0v) is 13.2. The van der Waals surface area contributed by atoms with Gasteiger partial charge in [0.1, 0.15) is 8.07 Å². The first kappa shape index (κ1) is 15.4. The second-order valence-electron chi connectivity index (χ2n) is 5.55. The topological polar surface area (TPSA) is 0 Å². The van der Waals surface area contributed by atoms with Gasteiger partial charge in [-0.1, -0.05) is 68.4 Å². The fourth-order valence-electron chi connectivity index (χ4n) is 1.47. The molecule has 0 amide bonds. The molecule has 0 unspecified atom stereocenters. The van der Waals surface area contributed by atoms with Gasteiger partial charge in [0.05, 0.1) is 0 Å². The highest BCUT2D eigenvalue weighted by atomic mass is 28.3.